The molecule has 0 bridgehead atoms. The number of aryl methyl sites for hydroxylation is 2. The van der Waals surface area contributed by atoms with Crippen LogP contribution in [0.15, 0.2) is 125 Å². The third-order valence-electron chi connectivity index (χ3n) is 15.4. The number of nitrogens with zero attached hydrogens (tertiary/aromatic N) is 5. The Kier molecular flexibility index (Phi) is 17.1. The highest BCUT2D eigenvalue weighted by Crippen LogP contribution is 2.57. The SMILES string of the molecule is Cn1c(=O)c2c(ncn2CC(=O)N[C@H](Cc2ccccc2-c2ccc3c(ccn3C)c2)C(=O)NCCC(=O)N[C@H](CC(=O)N[C@H](CCCCNC(=S)Nc2ccc3c(c2)C(=O)OC32c3ccc(O)cc3Oc3cc(O)ccc32)C(=O)O)C(=O)O)n(C)c1=O. The van der Waals surface area contributed by atoms with Crippen molar-refractivity contribution in [3.8, 4) is 34.1 Å². The van der Waals surface area contributed by atoms with Crippen LogP contribution in [0.3, 0.4) is 0 Å². The first-order chi connectivity index (χ1) is 42.1. The summed E-state index contributed by atoms with van der Waals surface area (Å²) in [6.07, 6.45) is 2.40. The van der Waals surface area contributed by atoms with Gasteiger partial charge >= 0.3 is 23.6 Å². The van der Waals surface area contributed by atoms with Gasteiger partial charge in [0.2, 0.25) is 23.6 Å². The number of ether oxygens (including phenoxy) is 2. The molecule has 3 aromatic heterocycles. The van der Waals surface area contributed by atoms with Gasteiger partial charge in [-0.1, -0.05) is 36.4 Å². The third kappa shape index (κ3) is 12.3. The summed E-state index contributed by atoms with van der Waals surface area (Å²) >= 11 is 5.50. The number of unbranched alkanes of at least 4 members (excludes halogenated alkanes) is 1. The van der Waals surface area contributed by atoms with Crippen molar-refractivity contribution in [2.24, 2.45) is 21.1 Å². The molecule has 2 aliphatic rings. The third-order valence-corrected chi connectivity index (χ3v) is 15.6. The van der Waals surface area contributed by atoms with Crippen LogP contribution in [0.1, 0.15) is 64.7 Å². The summed E-state index contributed by atoms with van der Waals surface area (Å²) in [7, 11) is 4.65. The summed E-state index contributed by atoms with van der Waals surface area (Å²) < 4.78 is 17.4. The summed E-state index contributed by atoms with van der Waals surface area (Å²) in [4.78, 5) is 122. The highest BCUT2D eigenvalue weighted by Gasteiger charge is 2.54. The van der Waals surface area contributed by atoms with Crippen molar-refractivity contribution in [3.05, 3.63) is 164 Å². The van der Waals surface area contributed by atoms with Crippen molar-refractivity contribution in [3.63, 3.8) is 0 Å². The van der Waals surface area contributed by atoms with Crippen LogP contribution in [0.2, 0.25) is 0 Å². The van der Waals surface area contributed by atoms with Crippen LogP contribution in [0.25, 0.3) is 33.2 Å². The Balaban J connectivity index is 0.709. The lowest BCUT2D eigenvalue weighted by atomic mass is 9.77. The number of rotatable bonds is 22. The number of thiocarbonyl (C=S) groups is 1. The lowest BCUT2D eigenvalue weighted by Crippen LogP contribution is -2.50. The molecule has 10 N–H and O–H groups in total. The van der Waals surface area contributed by atoms with Gasteiger partial charge < -0.3 is 70.9 Å². The second-order valence-electron chi connectivity index (χ2n) is 21.3. The first-order valence-corrected chi connectivity index (χ1v) is 28.1. The van der Waals surface area contributed by atoms with Gasteiger partial charge in [-0.15, -0.1) is 0 Å². The van der Waals surface area contributed by atoms with E-state index in [1.165, 1.54) is 53.8 Å². The van der Waals surface area contributed by atoms with Gasteiger partial charge in [0.1, 0.15) is 47.7 Å². The number of aromatic hydroxyl groups is 2. The molecule has 3 atom stereocenters. The number of phenols is 2. The van der Waals surface area contributed by atoms with Gasteiger partial charge in [-0.3, -0.25) is 33.1 Å². The lowest BCUT2D eigenvalue weighted by molar-refractivity contribution is -0.144. The molecule has 0 saturated heterocycles. The minimum absolute atomic E-state index is 0.0182. The molecule has 0 fully saturated rings. The number of esters is 1. The van der Waals surface area contributed by atoms with E-state index >= 15 is 0 Å². The van der Waals surface area contributed by atoms with E-state index in [4.69, 9.17) is 21.7 Å². The summed E-state index contributed by atoms with van der Waals surface area (Å²) in [5.41, 5.74) is 2.64. The predicted molar refractivity (Wildman–Crippen MR) is 322 cm³/mol. The van der Waals surface area contributed by atoms with E-state index in [9.17, 15) is 63.6 Å². The van der Waals surface area contributed by atoms with Crippen LogP contribution >= 0.6 is 12.2 Å². The molecule has 8 aromatic rings. The van der Waals surface area contributed by atoms with E-state index in [-0.39, 0.29) is 77.2 Å². The number of phenolic OH excluding ortho intramolecular Hbond substituents is 2. The monoisotopic (exact) mass is 1220 g/mol. The number of anilines is 1. The van der Waals surface area contributed by atoms with E-state index in [2.05, 4.69) is 36.9 Å². The zero-order valence-electron chi connectivity index (χ0n) is 47.5. The Labute approximate surface area is 504 Å². The van der Waals surface area contributed by atoms with Crippen molar-refractivity contribution >= 4 is 86.6 Å². The number of hydrogen-bond donors (Lipinski definition) is 10. The number of aliphatic carboxylic acids is 2. The van der Waals surface area contributed by atoms with E-state index in [0.717, 1.165) is 26.6 Å². The highest BCUT2D eigenvalue weighted by atomic mass is 32.1. The minimum Gasteiger partial charge on any atom is -0.508 e. The van der Waals surface area contributed by atoms with Crippen LogP contribution in [-0.4, -0.2) is 122 Å². The van der Waals surface area contributed by atoms with Gasteiger partial charge in [0.25, 0.3) is 5.56 Å². The Hall–Kier alpha value is -10.8. The van der Waals surface area contributed by atoms with Gasteiger partial charge in [0, 0.05) is 98.7 Å². The maximum absolute atomic E-state index is 14.1. The first-order valence-electron chi connectivity index (χ1n) is 27.7. The number of nitrogens with one attached hydrogen (secondary N) is 6. The molecule has 5 aromatic carbocycles. The molecule has 10 rings (SSSR count). The number of carbonyl (C=O) groups is 7. The van der Waals surface area contributed by atoms with Gasteiger partial charge in [0.05, 0.1) is 18.3 Å². The number of benzene rings is 5. The Bertz CT molecular complexity index is 4250. The highest BCUT2D eigenvalue weighted by molar-refractivity contribution is 7.80. The number of aromatic nitrogens is 5. The van der Waals surface area contributed by atoms with Crippen molar-refractivity contribution in [2.45, 2.75) is 68.8 Å². The first kappa shape index (κ1) is 60.3. The molecule has 2 aliphatic heterocycles. The van der Waals surface area contributed by atoms with E-state index < -0.39 is 95.9 Å². The average molecular weight is 1220 g/mol. The molecule has 5 heterocycles. The molecule has 0 saturated carbocycles. The van der Waals surface area contributed by atoms with Gasteiger partial charge in [-0.2, -0.15) is 0 Å². The Morgan fingerprint density at radius 3 is 2.09 bits per heavy atom. The second-order valence-corrected chi connectivity index (χ2v) is 21.7. The number of carboxylic acids is 2. The number of amides is 4. The second kappa shape index (κ2) is 25.0. The van der Waals surface area contributed by atoms with E-state index in [0.29, 0.717) is 34.4 Å². The molecule has 0 unspecified atom stereocenters. The molecule has 0 aliphatic carbocycles. The maximum Gasteiger partial charge on any atom is 0.340 e. The van der Waals surface area contributed by atoms with Crippen LogP contribution in [-0.2, 0) is 73.2 Å². The standard InChI is InChI=1S/C61H59N11O15S/c1-69-23-20-34-24-33(11-18-46(34)69)38-9-5-4-8-32(38)25-44(67-51(77)30-72-31-64-53-52(72)55(79)71(3)60(85)70(53)2)54(78)62-22-19-49(75)68-45(57(82)83)29-50(76)66-43(56(80)81)10-6-7-21-63-59(88)65-35-12-15-40-39(26-35)58(84)87-61(40)41-16-13-36(73)27-47(41)86-48-28-37(74)14-17-42(48)61/h4-5,8-9,11-18,20,23-24,26-28,31,43-45,73-74H,6-7,10,19,21-22,25,29-30H2,1-3H3,(H,62,78)(H,66,76)(H,67,77)(H,68,75)(H,80,81)(H,82,83)(H2,63,65,88)/t43-,44-,45-/m1/s1. The fourth-order valence-corrected chi connectivity index (χ4v) is 11.2. The summed E-state index contributed by atoms with van der Waals surface area (Å²) in [6.45, 7) is -0.552. The lowest BCUT2D eigenvalue weighted by Gasteiger charge is -2.36. The van der Waals surface area contributed by atoms with Crippen molar-refractivity contribution in [2.75, 3.05) is 18.4 Å². The zero-order chi connectivity index (χ0) is 62.7. The number of imidazole rings is 1. The van der Waals surface area contributed by atoms with Crippen molar-refractivity contribution < 1.29 is 63.5 Å². The summed E-state index contributed by atoms with van der Waals surface area (Å²) in [6, 6.07) is 24.5. The zero-order valence-corrected chi connectivity index (χ0v) is 48.3. The Morgan fingerprint density at radius 1 is 0.693 bits per heavy atom. The van der Waals surface area contributed by atoms with Crippen LogP contribution in [0.4, 0.5) is 5.69 Å². The molecule has 88 heavy (non-hydrogen) atoms. The summed E-state index contributed by atoms with van der Waals surface area (Å²) in [5, 5.41) is 57.5. The molecule has 27 heteroatoms. The van der Waals surface area contributed by atoms with Crippen molar-refractivity contribution in [1.29, 1.82) is 0 Å². The average Bonchev–Trinajstić information content (AvgIpc) is 1.50. The van der Waals surface area contributed by atoms with E-state index in [1.54, 1.807) is 42.5 Å². The van der Waals surface area contributed by atoms with Gasteiger partial charge in [0.15, 0.2) is 21.9 Å². The summed E-state index contributed by atoms with van der Waals surface area (Å²) in [5.74, 6) is -6.56. The van der Waals surface area contributed by atoms with Crippen LogP contribution in [0, 0.1) is 0 Å². The van der Waals surface area contributed by atoms with E-state index in [1.807, 2.05) is 54.2 Å². The molecule has 26 nitrogen and oxygen atoms in total. The number of fused-ring (bicyclic) bond motifs is 8. The fourth-order valence-electron chi connectivity index (χ4n) is 11.0. The smallest absolute Gasteiger partial charge is 0.340 e. The maximum atomic E-state index is 14.1. The quantitative estimate of drug-likeness (QED) is 0.0264. The van der Waals surface area contributed by atoms with Gasteiger partial charge in [-0.05, 0) is 103 Å². The molecular formula is C61H59N11O15S. The predicted octanol–water partition coefficient (Wildman–Crippen LogP) is 3.49. The molecule has 0 radical (unpaired) electrons. The fraction of sp³-hybridized carbons (Fsp3) is 0.262. The number of carboxylic acid groups (broad SMARTS) is 2. The normalized spacial score (nSPS) is 13.6. The van der Waals surface area contributed by atoms with Crippen LogP contribution in [0.5, 0.6) is 23.0 Å². The number of carbonyl (C=O) groups excluding carboxylic acids is 5. The topological polar surface area (TPSA) is 358 Å². The molecule has 454 valence electrons. The van der Waals surface area contributed by atoms with Crippen LogP contribution < -0.4 is 47.9 Å². The molecular weight excluding hydrogens is 1160 g/mol. The Morgan fingerprint density at radius 2 is 1.38 bits per heavy atom. The largest absolute Gasteiger partial charge is 0.508 e. The number of hydrogen-bond acceptors (Lipinski definition) is 15. The van der Waals surface area contributed by atoms with Gasteiger partial charge in [-0.25, -0.2) is 24.2 Å². The minimum atomic E-state index is -1.79. The van der Waals surface area contributed by atoms with Crippen molar-refractivity contribution in [1.82, 2.24) is 49.8 Å². The molecule has 1 spiro atoms. The molecule has 4 amide bonds.